The molecule has 1 aromatic carbocycles. The zero-order valence-corrected chi connectivity index (χ0v) is 12.5. The van der Waals surface area contributed by atoms with Crippen molar-refractivity contribution in [2.75, 3.05) is 19.7 Å². The topological polar surface area (TPSA) is 55.6 Å². The minimum absolute atomic E-state index is 0.0189. The molecule has 0 saturated carbocycles. The third kappa shape index (κ3) is 4.12. The first-order valence-corrected chi connectivity index (χ1v) is 7.38. The number of hydrogen-bond acceptors (Lipinski definition) is 3. The molecule has 2 atom stereocenters. The monoisotopic (exact) mass is 296 g/mol. The van der Waals surface area contributed by atoms with Gasteiger partial charge in [-0.15, -0.1) is 0 Å². The van der Waals surface area contributed by atoms with E-state index in [2.05, 4.69) is 0 Å². The van der Waals surface area contributed by atoms with E-state index >= 15 is 0 Å². The lowest BCUT2D eigenvalue weighted by Gasteiger charge is -2.35. The molecule has 1 aliphatic heterocycles. The number of carbonyl (C=O) groups excluding carboxylic acids is 1. The zero-order valence-electron chi connectivity index (χ0n) is 11.7. The number of hydrogen-bond donors (Lipinski definition) is 1. The largest absolute Gasteiger partial charge is 0.450 e. The van der Waals surface area contributed by atoms with Crippen LogP contribution in [0.2, 0.25) is 5.02 Å². The number of nitrogens with zero attached hydrogens (tertiary/aromatic N) is 1. The van der Waals surface area contributed by atoms with E-state index in [0.717, 1.165) is 17.9 Å². The number of amides is 1. The molecule has 2 unspecified atom stereocenters. The molecule has 1 saturated heterocycles. The van der Waals surface area contributed by atoms with E-state index in [1.54, 1.807) is 4.90 Å². The van der Waals surface area contributed by atoms with Gasteiger partial charge in [0.15, 0.2) is 0 Å². The molecule has 0 bridgehead atoms. The van der Waals surface area contributed by atoms with E-state index in [4.69, 9.17) is 22.1 Å². The van der Waals surface area contributed by atoms with Crippen LogP contribution in [0.1, 0.15) is 18.9 Å². The van der Waals surface area contributed by atoms with Crippen LogP contribution in [-0.4, -0.2) is 36.7 Å². The van der Waals surface area contributed by atoms with Crippen molar-refractivity contribution in [1.29, 1.82) is 0 Å². The molecule has 0 radical (unpaired) electrons. The van der Waals surface area contributed by atoms with Gasteiger partial charge in [0.1, 0.15) is 0 Å². The van der Waals surface area contributed by atoms with E-state index in [9.17, 15) is 4.79 Å². The third-order valence-electron chi connectivity index (χ3n) is 3.53. The Balaban J connectivity index is 1.97. The standard InChI is InChI=1S/C15H21ClN2O2/c1-2-20-15(19)18-9-12(8-14(17)10-18)7-11-3-5-13(16)6-4-11/h3-6,12,14H,2,7-10,17H2,1H3. The van der Waals surface area contributed by atoms with E-state index in [0.29, 0.717) is 25.6 Å². The summed E-state index contributed by atoms with van der Waals surface area (Å²) in [6.07, 6.45) is 1.57. The molecule has 1 aliphatic rings. The number of rotatable bonds is 3. The molecule has 1 aromatic rings. The van der Waals surface area contributed by atoms with Crippen molar-refractivity contribution in [2.24, 2.45) is 11.7 Å². The fraction of sp³-hybridized carbons (Fsp3) is 0.533. The first-order valence-electron chi connectivity index (χ1n) is 7.00. The fourth-order valence-electron chi connectivity index (χ4n) is 2.71. The number of ether oxygens (including phenoxy) is 1. The second-order valence-corrected chi connectivity index (χ2v) is 5.73. The molecule has 110 valence electrons. The van der Waals surface area contributed by atoms with Crippen LogP contribution >= 0.6 is 11.6 Å². The summed E-state index contributed by atoms with van der Waals surface area (Å²) >= 11 is 5.89. The normalized spacial score (nSPS) is 22.6. The number of piperidine rings is 1. The van der Waals surface area contributed by atoms with Gasteiger partial charge >= 0.3 is 6.09 Å². The maximum atomic E-state index is 11.8. The van der Waals surface area contributed by atoms with Crippen LogP contribution in [0.15, 0.2) is 24.3 Å². The van der Waals surface area contributed by atoms with Crippen LogP contribution in [0.3, 0.4) is 0 Å². The summed E-state index contributed by atoms with van der Waals surface area (Å²) in [5.74, 6) is 0.365. The van der Waals surface area contributed by atoms with Gasteiger partial charge < -0.3 is 15.4 Å². The van der Waals surface area contributed by atoms with E-state index in [1.165, 1.54) is 5.56 Å². The average molecular weight is 297 g/mol. The Morgan fingerprint density at radius 1 is 1.40 bits per heavy atom. The Kier molecular flexibility index (Phi) is 5.26. The number of likely N-dealkylation sites (tertiary alicyclic amines) is 1. The minimum atomic E-state index is -0.260. The average Bonchev–Trinajstić information content (AvgIpc) is 2.41. The Labute approximate surface area is 124 Å². The molecule has 1 amide bonds. The van der Waals surface area contributed by atoms with Gasteiger partial charge in [0.2, 0.25) is 0 Å². The zero-order chi connectivity index (χ0) is 14.5. The van der Waals surface area contributed by atoms with Gasteiger partial charge in [-0.05, 0) is 43.4 Å². The smallest absolute Gasteiger partial charge is 0.409 e. The lowest BCUT2D eigenvalue weighted by Crippen LogP contribution is -2.50. The number of halogens is 1. The van der Waals surface area contributed by atoms with Crippen LogP contribution in [0.5, 0.6) is 0 Å². The molecule has 2 N–H and O–H groups in total. The van der Waals surface area contributed by atoms with Crippen molar-refractivity contribution in [3.63, 3.8) is 0 Å². The van der Waals surface area contributed by atoms with Gasteiger partial charge in [0.05, 0.1) is 6.61 Å². The van der Waals surface area contributed by atoms with Crippen LogP contribution in [0, 0.1) is 5.92 Å². The van der Waals surface area contributed by atoms with Crippen molar-refractivity contribution in [2.45, 2.75) is 25.8 Å². The SMILES string of the molecule is CCOC(=O)N1CC(N)CC(Cc2ccc(Cl)cc2)C1. The van der Waals surface area contributed by atoms with Crippen molar-refractivity contribution >= 4 is 17.7 Å². The predicted molar refractivity (Wildman–Crippen MR) is 79.8 cm³/mol. The quantitative estimate of drug-likeness (QED) is 0.933. The molecule has 0 spiro atoms. The highest BCUT2D eigenvalue weighted by molar-refractivity contribution is 6.30. The molecule has 5 heteroatoms. The van der Waals surface area contributed by atoms with Crippen molar-refractivity contribution in [1.82, 2.24) is 4.90 Å². The van der Waals surface area contributed by atoms with Gasteiger partial charge in [0, 0.05) is 24.2 Å². The molecule has 0 aromatic heterocycles. The van der Waals surface area contributed by atoms with Crippen molar-refractivity contribution in [3.05, 3.63) is 34.9 Å². The molecular weight excluding hydrogens is 276 g/mol. The second-order valence-electron chi connectivity index (χ2n) is 5.30. The number of carbonyl (C=O) groups is 1. The maximum absolute atomic E-state index is 11.8. The summed E-state index contributed by atoms with van der Waals surface area (Å²) in [7, 11) is 0. The summed E-state index contributed by atoms with van der Waals surface area (Å²) in [6, 6.07) is 7.85. The Bertz CT molecular complexity index is 450. The highest BCUT2D eigenvalue weighted by Gasteiger charge is 2.28. The molecule has 1 heterocycles. The summed E-state index contributed by atoms with van der Waals surface area (Å²) in [6.45, 7) is 3.49. The summed E-state index contributed by atoms with van der Waals surface area (Å²) in [5.41, 5.74) is 7.28. The lowest BCUT2D eigenvalue weighted by atomic mass is 9.89. The fourth-order valence-corrected chi connectivity index (χ4v) is 2.84. The second kappa shape index (κ2) is 6.95. The first kappa shape index (κ1) is 15.1. The molecular formula is C15H21ClN2O2. The van der Waals surface area contributed by atoms with Crippen LogP contribution in [0.4, 0.5) is 4.79 Å². The number of benzene rings is 1. The molecule has 0 aliphatic carbocycles. The van der Waals surface area contributed by atoms with E-state index in [-0.39, 0.29) is 12.1 Å². The Morgan fingerprint density at radius 3 is 2.75 bits per heavy atom. The van der Waals surface area contributed by atoms with Gasteiger partial charge in [-0.3, -0.25) is 0 Å². The van der Waals surface area contributed by atoms with E-state index in [1.807, 2.05) is 31.2 Å². The third-order valence-corrected chi connectivity index (χ3v) is 3.79. The maximum Gasteiger partial charge on any atom is 0.409 e. The summed E-state index contributed by atoms with van der Waals surface area (Å²) < 4.78 is 5.06. The van der Waals surface area contributed by atoms with Gasteiger partial charge in [-0.2, -0.15) is 0 Å². The van der Waals surface area contributed by atoms with Crippen molar-refractivity contribution in [3.8, 4) is 0 Å². The summed E-state index contributed by atoms with van der Waals surface area (Å²) in [5, 5.41) is 0.738. The van der Waals surface area contributed by atoms with Gasteiger partial charge in [-0.25, -0.2) is 4.79 Å². The van der Waals surface area contributed by atoms with Crippen LogP contribution in [0.25, 0.3) is 0 Å². The minimum Gasteiger partial charge on any atom is -0.450 e. The Hall–Kier alpha value is -1.26. The molecule has 1 fully saturated rings. The van der Waals surface area contributed by atoms with Crippen LogP contribution < -0.4 is 5.73 Å². The van der Waals surface area contributed by atoms with Crippen LogP contribution in [-0.2, 0) is 11.2 Å². The highest BCUT2D eigenvalue weighted by atomic mass is 35.5. The van der Waals surface area contributed by atoms with E-state index < -0.39 is 0 Å². The first-order chi connectivity index (χ1) is 9.58. The van der Waals surface area contributed by atoms with Gasteiger partial charge in [-0.1, -0.05) is 23.7 Å². The number of nitrogens with two attached hydrogens (primary N) is 1. The predicted octanol–water partition coefficient (Wildman–Crippen LogP) is 2.69. The molecule has 2 rings (SSSR count). The Morgan fingerprint density at radius 2 is 2.10 bits per heavy atom. The highest BCUT2D eigenvalue weighted by Crippen LogP contribution is 2.22. The lowest BCUT2D eigenvalue weighted by molar-refractivity contribution is 0.0833. The molecule has 20 heavy (non-hydrogen) atoms. The van der Waals surface area contributed by atoms with Crippen molar-refractivity contribution < 1.29 is 9.53 Å². The molecule has 4 nitrogen and oxygen atoms in total. The summed E-state index contributed by atoms with van der Waals surface area (Å²) in [4.78, 5) is 13.5. The van der Waals surface area contributed by atoms with Gasteiger partial charge in [0.25, 0.3) is 0 Å².